The number of hydrogen-bond donors (Lipinski definition) is 1. The standard InChI is InChI=1S/C16H14F3N5O2/c1-10-6-12(26-16(17,18)19)2-3-13(10)24(7-11-8-25-9-22-11)14-4-5-21-15(20)23-14/h2-6,8-9H,7H2,1H3,(H2,20,21,23). The Morgan fingerprint density at radius 2 is 2.04 bits per heavy atom. The average molecular weight is 365 g/mol. The number of halogens is 3. The molecule has 2 N–H and O–H groups in total. The van der Waals surface area contributed by atoms with E-state index in [0.717, 1.165) is 0 Å². The first-order chi connectivity index (χ1) is 12.3. The highest BCUT2D eigenvalue weighted by Gasteiger charge is 2.31. The molecule has 26 heavy (non-hydrogen) atoms. The summed E-state index contributed by atoms with van der Waals surface area (Å²) in [6, 6.07) is 5.67. The Hall–Kier alpha value is -3.30. The molecule has 0 amide bonds. The largest absolute Gasteiger partial charge is 0.573 e. The van der Waals surface area contributed by atoms with E-state index in [0.29, 0.717) is 22.8 Å². The number of nitrogens with zero attached hydrogens (tertiary/aromatic N) is 4. The van der Waals surface area contributed by atoms with E-state index >= 15 is 0 Å². The van der Waals surface area contributed by atoms with Crippen LogP contribution in [0.1, 0.15) is 11.3 Å². The Morgan fingerprint density at radius 3 is 2.65 bits per heavy atom. The maximum Gasteiger partial charge on any atom is 0.573 e. The van der Waals surface area contributed by atoms with Crippen molar-refractivity contribution < 1.29 is 22.3 Å². The second-order valence-electron chi connectivity index (χ2n) is 5.34. The third-order valence-corrected chi connectivity index (χ3v) is 3.43. The predicted octanol–water partition coefficient (Wildman–Crippen LogP) is 3.59. The van der Waals surface area contributed by atoms with Gasteiger partial charge < -0.3 is 19.8 Å². The topological polar surface area (TPSA) is 90.3 Å². The Bertz CT molecular complexity index is 884. The SMILES string of the molecule is Cc1cc(OC(F)(F)F)ccc1N(Cc1cocn1)c1ccnc(N)n1. The summed E-state index contributed by atoms with van der Waals surface area (Å²) in [5, 5.41) is 0. The Balaban J connectivity index is 1.98. The van der Waals surface area contributed by atoms with Gasteiger partial charge in [-0.25, -0.2) is 9.97 Å². The molecular weight excluding hydrogens is 351 g/mol. The van der Waals surface area contributed by atoms with Crippen molar-refractivity contribution in [3.8, 4) is 5.75 Å². The van der Waals surface area contributed by atoms with Crippen molar-refractivity contribution in [1.82, 2.24) is 15.0 Å². The zero-order chi connectivity index (χ0) is 18.7. The van der Waals surface area contributed by atoms with Gasteiger partial charge >= 0.3 is 6.36 Å². The van der Waals surface area contributed by atoms with Gasteiger partial charge in [0, 0.05) is 11.9 Å². The number of ether oxygens (including phenoxy) is 1. The summed E-state index contributed by atoms with van der Waals surface area (Å²) in [6.07, 6.45) is -0.512. The maximum atomic E-state index is 12.4. The molecule has 2 heterocycles. The van der Waals surface area contributed by atoms with E-state index in [1.165, 1.54) is 37.1 Å². The lowest BCUT2D eigenvalue weighted by Gasteiger charge is -2.25. The quantitative estimate of drug-likeness (QED) is 0.739. The van der Waals surface area contributed by atoms with Gasteiger partial charge in [-0.2, -0.15) is 4.98 Å². The van der Waals surface area contributed by atoms with Crippen molar-refractivity contribution in [1.29, 1.82) is 0 Å². The molecule has 0 spiro atoms. The molecule has 2 aromatic heterocycles. The molecule has 0 atom stereocenters. The number of aromatic nitrogens is 3. The van der Waals surface area contributed by atoms with Crippen LogP contribution >= 0.6 is 0 Å². The molecule has 0 saturated carbocycles. The molecule has 10 heteroatoms. The third-order valence-electron chi connectivity index (χ3n) is 3.43. The van der Waals surface area contributed by atoms with Crippen molar-refractivity contribution >= 4 is 17.5 Å². The smallest absolute Gasteiger partial charge is 0.451 e. The van der Waals surface area contributed by atoms with Gasteiger partial charge in [0.2, 0.25) is 5.95 Å². The van der Waals surface area contributed by atoms with Crippen molar-refractivity contribution in [2.45, 2.75) is 19.8 Å². The first-order valence-corrected chi connectivity index (χ1v) is 7.41. The fourth-order valence-electron chi connectivity index (χ4n) is 2.41. The number of nitrogens with two attached hydrogens (primary N) is 1. The Labute approximate surface area is 146 Å². The van der Waals surface area contributed by atoms with Crippen molar-refractivity contribution in [3.63, 3.8) is 0 Å². The predicted molar refractivity (Wildman–Crippen MR) is 86.7 cm³/mol. The van der Waals surface area contributed by atoms with Crippen LogP contribution in [0.15, 0.2) is 47.5 Å². The van der Waals surface area contributed by atoms with Gasteiger partial charge in [-0.3, -0.25) is 0 Å². The van der Waals surface area contributed by atoms with Crippen LogP contribution in [0.2, 0.25) is 0 Å². The summed E-state index contributed by atoms with van der Waals surface area (Å²) in [7, 11) is 0. The monoisotopic (exact) mass is 365 g/mol. The minimum absolute atomic E-state index is 0.0716. The van der Waals surface area contributed by atoms with Gasteiger partial charge in [-0.1, -0.05) is 0 Å². The van der Waals surface area contributed by atoms with Crippen LogP contribution in [0.25, 0.3) is 0 Å². The van der Waals surface area contributed by atoms with Crippen molar-refractivity contribution in [3.05, 3.63) is 54.4 Å². The number of oxazole rings is 1. The second kappa shape index (κ2) is 6.90. The number of alkyl halides is 3. The molecular formula is C16H14F3N5O2. The van der Waals surface area contributed by atoms with E-state index in [-0.39, 0.29) is 18.2 Å². The van der Waals surface area contributed by atoms with E-state index in [1.54, 1.807) is 17.9 Å². The van der Waals surface area contributed by atoms with E-state index in [2.05, 4.69) is 19.7 Å². The molecule has 0 bridgehead atoms. The van der Waals surface area contributed by atoms with Crippen LogP contribution in [-0.2, 0) is 6.54 Å². The number of nitrogen functional groups attached to an aromatic ring is 1. The molecule has 1 aromatic carbocycles. The molecule has 0 fully saturated rings. The molecule has 0 aliphatic rings. The zero-order valence-corrected chi connectivity index (χ0v) is 13.6. The van der Waals surface area contributed by atoms with Gasteiger partial charge in [-0.15, -0.1) is 13.2 Å². The van der Waals surface area contributed by atoms with Gasteiger partial charge in [-0.05, 0) is 36.8 Å². The summed E-state index contributed by atoms with van der Waals surface area (Å²) < 4.78 is 46.2. The fraction of sp³-hybridized carbons (Fsp3) is 0.188. The molecule has 136 valence electrons. The first kappa shape index (κ1) is 17.5. The van der Waals surface area contributed by atoms with Crippen LogP contribution < -0.4 is 15.4 Å². The summed E-state index contributed by atoms with van der Waals surface area (Å²) in [4.78, 5) is 13.8. The average Bonchev–Trinajstić information content (AvgIpc) is 3.05. The molecule has 0 saturated heterocycles. The van der Waals surface area contributed by atoms with Crippen LogP contribution in [0.3, 0.4) is 0 Å². The van der Waals surface area contributed by atoms with Crippen molar-refractivity contribution in [2.75, 3.05) is 10.6 Å². The second-order valence-corrected chi connectivity index (χ2v) is 5.34. The number of rotatable bonds is 5. The van der Waals surface area contributed by atoms with Gasteiger partial charge in [0.05, 0.1) is 12.2 Å². The van der Waals surface area contributed by atoms with E-state index in [1.807, 2.05) is 0 Å². The van der Waals surface area contributed by atoms with E-state index in [9.17, 15) is 13.2 Å². The van der Waals surface area contributed by atoms with Crippen LogP contribution in [0.5, 0.6) is 5.75 Å². The summed E-state index contributed by atoms with van der Waals surface area (Å²) in [6.45, 7) is 1.94. The van der Waals surface area contributed by atoms with Crippen LogP contribution in [0.4, 0.5) is 30.6 Å². The van der Waals surface area contributed by atoms with Crippen molar-refractivity contribution in [2.24, 2.45) is 0 Å². The number of anilines is 3. The van der Waals surface area contributed by atoms with Gasteiger partial charge in [0.1, 0.15) is 17.8 Å². The third kappa shape index (κ3) is 4.21. The normalized spacial score (nSPS) is 11.4. The summed E-state index contributed by atoms with van der Waals surface area (Å²) in [5.41, 5.74) is 7.42. The summed E-state index contributed by atoms with van der Waals surface area (Å²) in [5.74, 6) is 0.234. The Kier molecular flexibility index (Phi) is 4.65. The lowest BCUT2D eigenvalue weighted by atomic mass is 10.1. The summed E-state index contributed by atoms with van der Waals surface area (Å²) >= 11 is 0. The molecule has 7 nitrogen and oxygen atoms in total. The molecule has 0 radical (unpaired) electrons. The number of hydrogen-bond acceptors (Lipinski definition) is 7. The van der Waals surface area contributed by atoms with Gasteiger partial charge in [0.25, 0.3) is 0 Å². The first-order valence-electron chi connectivity index (χ1n) is 7.41. The molecule has 0 aliphatic carbocycles. The van der Waals surface area contributed by atoms with Crippen LogP contribution in [-0.4, -0.2) is 21.3 Å². The zero-order valence-electron chi connectivity index (χ0n) is 13.6. The molecule has 0 unspecified atom stereocenters. The molecule has 0 aliphatic heterocycles. The van der Waals surface area contributed by atoms with E-state index < -0.39 is 6.36 Å². The van der Waals surface area contributed by atoms with Gasteiger partial charge in [0.15, 0.2) is 6.39 Å². The number of aryl methyl sites for hydroxylation is 1. The van der Waals surface area contributed by atoms with E-state index in [4.69, 9.17) is 10.2 Å². The highest BCUT2D eigenvalue weighted by Crippen LogP contribution is 2.33. The minimum atomic E-state index is -4.75. The lowest BCUT2D eigenvalue weighted by molar-refractivity contribution is -0.274. The highest BCUT2D eigenvalue weighted by atomic mass is 19.4. The maximum absolute atomic E-state index is 12.4. The lowest BCUT2D eigenvalue weighted by Crippen LogP contribution is -2.20. The molecule has 3 aromatic rings. The highest BCUT2D eigenvalue weighted by molar-refractivity contribution is 5.65. The Morgan fingerprint density at radius 1 is 1.23 bits per heavy atom. The minimum Gasteiger partial charge on any atom is -0.451 e. The van der Waals surface area contributed by atoms with Crippen LogP contribution in [0, 0.1) is 6.92 Å². The number of benzene rings is 1. The fourth-order valence-corrected chi connectivity index (χ4v) is 2.41. The molecule has 3 rings (SSSR count).